The molecule has 0 aliphatic heterocycles. The molecule has 0 fully saturated rings. The maximum atomic E-state index is 12.2. The van der Waals surface area contributed by atoms with Gasteiger partial charge in [-0.05, 0) is 34.5 Å². The topological polar surface area (TPSA) is 67.8 Å². The van der Waals surface area contributed by atoms with E-state index < -0.39 is 6.04 Å². The van der Waals surface area contributed by atoms with Gasteiger partial charge in [0.1, 0.15) is 5.75 Å². The van der Waals surface area contributed by atoms with Crippen LogP contribution in [0.3, 0.4) is 0 Å². The van der Waals surface area contributed by atoms with Crippen LogP contribution in [0.5, 0.6) is 17.2 Å². The first-order valence-corrected chi connectivity index (χ1v) is 8.81. The minimum absolute atomic E-state index is 0.109. The molecule has 0 aliphatic carbocycles. The van der Waals surface area contributed by atoms with Gasteiger partial charge in [-0.3, -0.25) is 4.79 Å². The number of aromatic hydroxyl groups is 1. The zero-order chi connectivity index (χ0) is 19.4. The van der Waals surface area contributed by atoms with E-state index in [0.717, 1.165) is 16.3 Å². The van der Waals surface area contributed by atoms with Crippen molar-refractivity contribution in [3.63, 3.8) is 0 Å². The Morgan fingerprint density at radius 2 is 1.78 bits per heavy atom. The van der Waals surface area contributed by atoms with Crippen molar-refractivity contribution in [3.8, 4) is 17.2 Å². The summed E-state index contributed by atoms with van der Waals surface area (Å²) in [6.07, 6.45) is 0.343. The zero-order valence-electron chi connectivity index (χ0n) is 15.7. The molecule has 1 amide bonds. The summed E-state index contributed by atoms with van der Waals surface area (Å²) in [5, 5.41) is 15.5. The van der Waals surface area contributed by atoms with E-state index in [1.165, 1.54) is 0 Å². The lowest BCUT2D eigenvalue weighted by atomic mass is 9.92. The first-order valence-electron chi connectivity index (χ1n) is 8.81. The van der Waals surface area contributed by atoms with Gasteiger partial charge < -0.3 is 19.9 Å². The molecule has 3 aromatic rings. The molecule has 0 saturated heterocycles. The highest BCUT2D eigenvalue weighted by Crippen LogP contribution is 2.38. The van der Waals surface area contributed by atoms with Crippen LogP contribution in [0.2, 0.25) is 0 Å². The molecular formula is C22H23NO4. The highest BCUT2D eigenvalue weighted by molar-refractivity contribution is 5.89. The number of rotatable bonds is 6. The Morgan fingerprint density at radius 3 is 2.48 bits per heavy atom. The number of benzene rings is 3. The van der Waals surface area contributed by atoms with Crippen LogP contribution in [0.25, 0.3) is 10.8 Å². The van der Waals surface area contributed by atoms with Crippen LogP contribution in [0, 0.1) is 0 Å². The summed E-state index contributed by atoms with van der Waals surface area (Å²) in [7, 11) is 3.14. The molecule has 3 rings (SSSR count). The Balaban J connectivity index is 2.22. The van der Waals surface area contributed by atoms with E-state index in [4.69, 9.17) is 9.47 Å². The minimum Gasteiger partial charge on any atom is -0.508 e. The molecular weight excluding hydrogens is 342 g/mol. The number of methoxy groups -OCH3 is 2. The van der Waals surface area contributed by atoms with E-state index in [-0.39, 0.29) is 11.7 Å². The first-order chi connectivity index (χ1) is 13.1. The maximum Gasteiger partial charge on any atom is 0.220 e. The summed E-state index contributed by atoms with van der Waals surface area (Å²) in [5.41, 5.74) is 1.45. The van der Waals surface area contributed by atoms with Crippen LogP contribution in [-0.4, -0.2) is 25.2 Å². The van der Waals surface area contributed by atoms with Gasteiger partial charge in [-0.25, -0.2) is 0 Å². The Hall–Kier alpha value is -3.21. The summed E-state index contributed by atoms with van der Waals surface area (Å²) >= 11 is 0. The van der Waals surface area contributed by atoms with Crippen LogP contribution >= 0.6 is 0 Å². The second kappa shape index (κ2) is 7.99. The summed E-state index contributed by atoms with van der Waals surface area (Å²) in [6, 6.07) is 16.2. The van der Waals surface area contributed by atoms with Crippen molar-refractivity contribution < 1.29 is 19.4 Å². The van der Waals surface area contributed by atoms with Gasteiger partial charge in [0.2, 0.25) is 5.91 Å². The number of hydrogen-bond donors (Lipinski definition) is 2. The maximum absolute atomic E-state index is 12.2. The molecule has 5 heteroatoms. The predicted molar refractivity (Wildman–Crippen MR) is 105 cm³/mol. The van der Waals surface area contributed by atoms with Crippen molar-refractivity contribution in [2.24, 2.45) is 0 Å². The van der Waals surface area contributed by atoms with E-state index in [2.05, 4.69) is 5.32 Å². The Labute approximate surface area is 158 Å². The summed E-state index contributed by atoms with van der Waals surface area (Å²) in [4.78, 5) is 12.2. The monoisotopic (exact) mass is 365 g/mol. The number of phenols is 1. The van der Waals surface area contributed by atoms with Crippen molar-refractivity contribution in [2.75, 3.05) is 14.2 Å². The average molecular weight is 365 g/mol. The molecule has 5 nitrogen and oxygen atoms in total. The van der Waals surface area contributed by atoms with E-state index in [0.29, 0.717) is 23.5 Å². The SMILES string of the molecule is CCC(=O)NC(c1ccc(OC)c(OC)c1)c1c(O)ccc2ccccc12. The molecule has 0 aliphatic rings. The second-order valence-electron chi connectivity index (χ2n) is 6.19. The van der Waals surface area contributed by atoms with E-state index >= 15 is 0 Å². The standard InChI is InChI=1S/C22H23NO4/c1-4-20(25)23-22(15-10-12-18(26-2)19(13-15)27-3)21-16-8-6-5-7-14(16)9-11-17(21)24/h5-13,22,24H,4H2,1-3H3,(H,23,25). The van der Waals surface area contributed by atoms with Gasteiger partial charge >= 0.3 is 0 Å². The average Bonchev–Trinajstić information content (AvgIpc) is 2.71. The van der Waals surface area contributed by atoms with Gasteiger partial charge in [-0.1, -0.05) is 43.3 Å². The van der Waals surface area contributed by atoms with Crippen LogP contribution in [-0.2, 0) is 4.79 Å². The van der Waals surface area contributed by atoms with Gasteiger partial charge in [-0.2, -0.15) is 0 Å². The molecule has 0 saturated carbocycles. The number of ether oxygens (including phenoxy) is 2. The lowest BCUT2D eigenvalue weighted by molar-refractivity contribution is -0.121. The van der Waals surface area contributed by atoms with Crippen molar-refractivity contribution in [1.82, 2.24) is 5.32 Å². The van der Waals surface area contributed by atoms with Crippen LogP contribution in [0.1, 0.15) is 30.5 Å². The lowest BCUT2D eigenvalue weighted by Gasteiger charge is -2.23. The molecule has 0 bridgehead atoms. The predicted octanol–water partition coefficient (Wildman–Crippen LogP) is 4.18. The first kappa shape index (κ1) is 18.6. The van der Waals surface area contributed by atoms with E-state index in [1.807, 2.05) is 42.5 Å². The number of amides is 1. The molecule has 0 spiro atoms. The Bertz CT molecular complexity index is 968. The fourth-order valence-corrected chi connectivity index (χ4v) is 3.21. The Morgan fingerprint density at radius 1 is 1.04 bits per heavy atom. The summed E-state index contributed by atoms with van der Waals surface area (Å²) in [5.74, 6) is 1.18. The number of fused-ring (bicyclic) bond motifs is 1. The largest absolute Gasteiger partial charge is 0.508 e. The van der Waals surface area contributed by atoms with Gasteiger partial charge in [0, 0.05) is 12.0 Å². The quantitative estimate of drug-likeness (QED) is 0.688. The molecule has 2 N–H and O–H groups in total. The highest BCUT2D eigenvalue weighted by atomic mass is 16.5. The number of nitrogens with one attached hydrogen (secondary N) is 1. The van der Waals surface area contributed by atoms with Gasteiger partial charge in [0.15, 0.2) is 11.5 Å². The summed E-state index contributed by atoms with van der Waals surface area (Å²) in [6.45, 7) is 1.80. The molecule has 0 radical (unpaired) electrons. The highest BCUT2D eigenvalue weighted by Gasteiger charge is 2.23. The molecule has 140 valence electrons. The lowest BCUT2D eigenvalue weighted by Crippen LogP contribution is -2.28. The third kappa shape index (κ3) is 3.67. The molecule has 3 aromatic carbocycles. The third-order valence-electron chi connectivity index (χ3n) is 4.60. The Kier molecular flexibility index (Phi) is 5.50. The second-order valence-corrected chi connectivity index (χ2v) is 6.19. The van der Waals surface area contributed by atoms with Crippen LogP contribution in [0.15, 0.2) is 54.6 Å². The van der Waals surface area contributed by atoms with Crippen molar-refractivity contribution in [2.45, 2.75) is 19.4 Å². The minimum atomic E-state index is -0.525. The molecule has 0 aromatic heterocycles. The fraction of sp³-hybridized carbons (Fsp3) is 0.227. The normalized spacial score (nSPS) is 11.8. The van der Waals surface area contributed by atoms with Gasteiger partial charge in [0.05, 0.1) is 20.3 Å². The van der Waals surface area contributed by atoms with Crippen LogP contribution in [0.4, 0.5) is 0 Å². The summed E-state index contributed by atoms with van der Waals surface area (Å²) < 4.78 is 10.7. The number of hydrogen-bond acceptors (Lipinski definition) is 4. The number of carbonyl (C=O) groups excluding carboxylic acids is 1. The number of phenolic OH excluding ortho intramolecular Hbond substituents is 1. The fourth-order valence-electron chi connectivity index (χ4n) is 3.21. The zero-order valence-corrected chi connectivity index (χ0v) is 15.7. The van der Waals surface area contributed by atoms with Crippen LogP contribution < -0.4 is 14.8 Å². The van der Waals surface area contributed by atoms with Gasteiger partial charge in [0.25, 0.3) is 0 Å². The number of carbonyl (C=O) groups is 1. The molecule has 0 heterocycles. The van der Waals surface area contributed by atoms with E-state index in [1.54, 1.807) is 33.3 Å². The molecule has 27 heavy (non-hydrogen) atoms. The third-order valence-corrected chi connectivity index (χ3v) is 4.60. The van der Waals surface area contributed by atoms with E-state index in [9.17, 15) is 9.90 Å². The van der Waals surface area contributed by atoms with Crippen molar-refractivity contribution >= 4 is 16.7 Å². The van der Waals surface area contributed by atoms with Crippen molar-refractivity contribution in [1.29, 1.82) is 0 Å². The molecule has 1 unspecified atom stereocenters. The van der Waals surface area contributed by atoms with Crippen molar-refractivity contribution in [3.05, 3.63) is 65.7 Å². The smallest absolute Gasteiger partial charge is 0.220 e. The molecule has 1 atom stereocenters. The van der Waals surface area contributed by atoms with Gasteiger partial charge in [-0.15, -0.1) is 0 Å².